The number of nitrogens with two attached hydrogens (primary N) is 1. The highest BCUT2D eigenvalue weighted by molar-refractivity contribution is 5.82. The molecule has 144 valence electrons. The van der Waals surface area contributed by atoms with E-state index in [0.717, 1.165) is 11.8 Å². The molecule has 9 nitrogen and oxygen atoms in total. The monoisotopic (exact) mass is 373 g/mol. The van der Waals surface area contributed by atoms with Crippen LogP contribution in [0.25, 0.3) is 0 Å². The zero-order chi connectivity index (χ0) is 19.4. The van der Waals surface area contributed by atoms with Crippen molar-refractivity contribution in [2.75, 3.05) is 43.4 Å². The minimum Gasteiger partial charge on any atom is -0.461 e. The Morgan fingerprint density at radius 2 is 1.96 bits per heavy atom. The van der Waals surface area contributed by atoms with Gasteiger partial charge in [0.15, 0.2) is 11.6 Å². The molecular weight excluding hydrogens is 350 g/mol. The van der Waals surface area contributed by atoms with E-state index in [1.165, 1.54) is 0 Å². The minimum atomic E-state index is -0.861. The Kier molecular flexibility index (Phi) is 5.43. The summed E-state index contributed by atoms with van der Waals surface area (Å²) in [6.45, 7) is 3.09. The molecule has 0 spiro atoms. The standard InChI is InChI=1S/C18H23N5O4/c1-18(26-3)22-14-15(19)20-17(27-9-8-25-2)21-16(14)23(18)10-12-4-6-13(11-24)7-5-12/h4-7,11,22H,8-10H2,1-3H3,(H2,19,20,21). The lowest BCUT2D eigenvalue weighted by atomic mass is 10.1. The van der Waals surface area contributed by atoms with Gasteiger partial charge in [-0.2, -0.15) is 9.97 Å². The third-order valence-electron chi connectivity index (χ3n) is 4.40. The predicted molar refractivity (Wildman–Crippen MR) is 101 cm³/mol. The van der Waals surface area contributed by atoms with E-state index < -0.39 is 5.85 Å². The van der Waals surface area contributed by atoms with Gasteiger partial charge >= 0.3 is 6.01 Å². The van der Waals surface area contributed by atoms with E-state index >= 15 is 0 Å². The van der Waals surface area contributed by atoms with Crippen molar-refractivity contribution in [3.8, 4) is 6.01 Å². The first-order valence-corrected chi connectivity index (χ1v) is 8.45. The summed E-state index contributed by atoms with van der Waals surface area (Å²) in [6, 6.07) is 7.48. The number of fused-ring (bicyclic) bond motifs is 1. The Morgan fingerprint density at radius 3 is 2.59 bits per heavy atom. The fourth-order valence-corrected chi connectivity index (χ4v) is 2.81. The van der Waals surface area contributed by atoms with Gasteiger partial charge in [-0.05, 0) is 5.56 Å². The van der Waals surface area contributed by atoms with Gasteiger partial charge in [0, 0.05) is 33.3 Å². The zero-order valence-electron chi connectivity index (χ0n) is 15.6. The maximum atomic E-state index is 10.9. The number of hydrogen-bond acceptors (Lipinski definition) is 9. The SMILES string of the molecule is COCCOc1nc(N)c2c(n1)N(Cc1ccc(C=O)cc1)C(C)(OC)N2. The molecule has 0 radical (unpaired) electrons. The maximum absolute atomic E-state index is 10.9. The maximum Gasteiger partial charge on any atom is 0.320 e. The van der Waals surface area contributed by atoms with Crippen molar-refractivity contribution in [2.24, 2.45) is 0 Å². The number of nitrogens with zero attached hydrogens (tertiary/aromatic N) is 3. The Balaban J connectivity index is 1.92. The molecule has 0 bridgehead atoms. The van der Waals surface area contributed by atoms with Crippen molar-refractivity contribution in [1.29, 1.82) is 0 Å². The molecule has 1 unspecified atom stereocenters. The average Bonchev–Trinajstić information content (AvgIpc) is 2.96. The molecule has 0 aliphatic carbocycles. The molecule has 3 N–H and O–H groups in total. The van der Waals surface area contributed by atoms with E-state index in [4.69, 9.17) is 19.9 Å². The molecule has 0 amide bonds. The number of aromatic nitrogens is 2. The van der Waals surface area contributed by atoms with Crippen LogP contribution in [0.15, 0.2) is 24.3 Å². The van der Waals surface area contributed by atoms with Crippen molar-refractivity contribution in [3.63, 3.8) is 0 Å². The zero-order valence-corrected chi connectivity index (χ0v) is 15.6. The van der Waals surface area contributed by atoms with E-state index in [9.17, 15) is 4.79 Å². The fraction of sp³-hybridized carbons (Fsp3) is 0.389. The van der Waals surface area contributed by atoms with E-state index in [-0.39, 0.29) is 11.8 Å². The second-order valence-electron chi connectivity index (χ2n) is 6.19. The molecule has 2 heterocycles. The topological polar surface area (TPSA) is 112 Å². The van der Waals surface area contributed by atoms with Gasteiger partial charge < -0.3 is 30.2 Å². The first-order chi connectivity index (χ1) is 13.0. The molecule has 1 aliphatic rings. The molecule has 1 aromatic carbocycles. The van der Waals surface area contributed by atoms with Crippen LogP contribution in [0.2, 0.25) is 0 Å². The van der Waals surface area contributed by atoms with Crippen molar-refractivity contribution in [2.45, 2.75) is 19.3 Å². The fourth-order valence-electron chi connectivity index (χ4n) is 2.81. The second-order valence-corrected chi connectivity index (χ2v) is 6.19. The Labute approximate surface area is 157 Å². The smallest absolute Gasteiger partial charge is 0.320 e. The Hall–Kier alpha value is -2.91. The van der Waals surface area contributed by atoms with E-state index in [0.29, 0.717) is 36.8 Å². The number of carbonyl (C=O) groups excluding carboxylic acids is 1. The molecule has 27 heavy (non-hydrogen) atoms. The van der Waals surface area contributed by atoms with Crippen LogP contribution in [0, 0.1) is 0 Å². The van der Waals surface area contributed by atoms with Crippen molar-refractivity contribution >= 4 is 23.6 Å². The van der Waals surface area contributed by atoms with Gasteiger partial charge in [-0.25, -0.2) is 0 Å². The number of ether oxygens (including phenoxy) is 3. The lowest BCUT2D eigenvalue weighted by Crippen LogP contribution is -2.49. The Morgan fingerprint density at radius 1 is 1.22 bits per heavy atom. The number of rotatable bonds is 8. The van der Waals surface area contributed by atoms with Crippen LogP contribution >= 0.6 is 0 Å². The van der Waals surface area contributed by atoms with Crippen molar-refractivity contribution in [1.82, 2.24) is 9.97 Å². The van der Waals surface area contributed by atoms with Crippen LogP contribution in [-0.4, -0.2) is 49.5 Å². The molecule has 9 heteroatoms. The number of benzene rings is 1. The number of anilines is 3. The highest BCUT2D eigenvalue weighted by Gasteiger charge is 2.43. The number of nitrogens with one attached hydrogen (secondary N) is 1. The second kappa shape index (κ2) is 7.77. The molecule has 3 rings (SSSR count). The van der Waals surface area contributed by atoms with Gasteiger partial charge in [0.2, 0.25) is 5.85 Å². The number of hydrogen-bond donors (Lipinski definition) is 2. The first kappa shape index (κ1) is 18.9. The summed E-state index contributed by atoms with van der Waals surface area (Å²) in [5, 5.41) is 3.23. The van der Waals surface area contributed by atoms with Crippen LogP contribution < -0.4 is 20.7 Å². The number of carbonyl (C=O) groups is 1. The molecule has 1 atom stereocenters. The summed E-state index contributed by atoms with van der Waals surface area (Å²) in [6.07, 6.45) is 0.813. The molecule has 1 aliphatic heterocycles. The van der Waals surface area contributed by atoms with Gasteiger partial charge in [0.25, 0.3) is 0 Å². The summed E-state index contributed by atoms with van der Waals surface area (Å²) in [7, 11) is 3.19. The average molecular weight is 373 g/mol. The number of methoxy groups -OCH3 is 2. The molecule has 1 aromatic heterocycles. The highest BCUT2D eigenvalue weighted by Crippen LogP contribution is 2.43. The summed E-state index contributed by atoms with van der Waals surface area (Å²) in [5.41, 5.74) is 8.29. The minimum absolute atomic E-state index is 0.173. The first-order valence-electron chi connectivity index (χ1n) is 8.45. The van der Waals surface area contributed by atoms with Gasteiger partial charge in [-0.1, -0.05) is 24.3 Å². The normalized spacial score (nSPS) is 18.1. The molecule has 0 saturated carbocycles. The van der Waals surface area contributed by atoms with E-state index in [2.05, 4.69) is 15.3 Å². The third-order valence-corrected chi connectivity index (χ3v) is 4.40. The number of aldehydes is 1. The van der Waals surface area contributed by atoms with Crippen molar-refractivity contribution in [3.05, 3.63) is 35.4 Å². The lowest BCUT2D eigenvalue weighted by Gasteiger charge is -2.34. The molecule has 0 saturated heterocycles. The lowest BCUT2D eigenvalue weighted by molar-refractivity contribution is 0.0315. The number of nitrogen functional groups attached to an aromatic ring is 1. The summed E-state index contributed by atoms with van der Waals surface area (Å²) in [5.74, 6) is -0.00665. The van der Waals surface area contributed by atoms with E-state index in [1.807, 2.05) is 24.0 Å². The third kappa shape index (κ3) is 3.79. The summed E-state index contributed by atoms with van der Waals surface area (Å²) >= 11 is 0. The van der Waals surface area contributed by atoms with Gasteiger partial charge in [-0.3, -0.25) is 4.79 Å². The van der Waals surface area contributed by atoms with Crippen LogP contribution in [0.1, 0.15) is 22.8 Å². The molecule has 0 fully saturated rings. The van der Waals surface area contributed by atoms with Gasteiger partial charge in [-0.15, -0.1) is 0 Å². The summed E-state index contributed by atoms with van der Waals surface area (Å²) < 4.78 is 16.2. The van der Waals surface area contributed by atoms with Crippen LogP contribution in [0.3, 0.4) is 0 Å². The predicted octanol–water partition coefficient (Wildman–Crippen LogP) is 1.65. The molecule has 2 aromatic rings. The quantitative estimate of drug-likeness (QED) is 0.527. The summed E-state index contributed by atoms with van der Waals surface area (Å²) in [4.78, 5) is 21.5. The van der Waals surface area contributed by atoms with Gasteiger partial charge in [0.05, 0.1) is 6.61 Å². The van der Waals surface area contributed by atoms with Gasteiger partial charge in [0.1, 0.15) is 18.6 Å². The van der Waals surface area contributed by atoms with Crippen LogP contribution in [0.4, 0.5) is 17.3 Å². The van der Waals surface area contributed by atoms with Crippen LogP contribution in [-0.2, 0) is 16.0 Å². The Bertz CT molecular complexity index is 814. The van der Waals surface area contributed by atoms with Crippen molar-refractivity contribution < 1.29 is 19.0 Å². The largest absolute Gasteiger partial charge is 0.461 e. The highest BCUT2D eigenvalue weighted by atomic mass is 16.5. The van der Waals surface area contributed by atoms with Crippen LogP contribution in [0.5, 0.6) is 6.01 Å². The van der Waals surface area contributed by atoms with E-state index in [1.54, 1.807) is 26.4 Å². The molecular formula is C18H23N5O4.